The number of nitrogens with two attached hydrogens (primary N) is 1. The smallest absolute Gasteiger partial charge is 0.223 e. The second kappa shape index (κ2) is 16.2. The molecule has 1 aromatic carbocycles. The molecule has 0 fully saturated rings. The normalized spacial score (nSPS) is 15.4. The summed E-state index contributed by atoms with van der Waals surface area (Å²) in [7, 11) is 3.32. The van der Waals surface area contributed by atoms with Gasteiger partial charge in [0.1, 0.15) is 0 Å². The van der Waals surface area contributed by atoms with Gasteiger partial charge in [0.05, 0.1) is 19.8 Å². The molecule has 7 heteroatoms. The van der Waals surface area contributed by atoms with E-state index >= 15 is 0 Å². The van der Waals surface area contributed by atoms with Crippen LogP contribution in [0.15, 0.2) is 18.2 Å². The molecule has 0 heterocycles. The number of aliphatic hydroxyl groups excluding tert-OH is 1. The molecule has 4 atom stereocenters. The topological polar surface area (TPSA) is 103 Å². The Labute approximate surface area is 225 Å². The molecule has 0 spiro atoms. The van der Waals surface area contributed by atoms with E-state index in [1.165, 1.54) is 0 Å². The van der Waals surface area contributed by atoms with Crippen LogP contribution in [-0.2, 0) is 16.0 Å². The quantitative estimate of drug-likeness (QED) is 0.253. The monoisotopic (exact) mass is 522 g/mol. The van der Waals surface area contributed by atoms with Crippen LogP contribution < -0.4 is 20.5 Å². The SMILES string of the molecule is COCCCOc1cc(CC(CC(N)C(O)CC(C(=O)NCC(C)(C)C)C(C)C)C(C)C)ccc1OC. The fraction of sp³-hybridized carbons (Fsp3) is 0.767. The van der Waals surface area contributed by atoms with Gasteiger partial charge < -0.3 is 30.4 Å². The summed E-state index contributed by atoms with van der Waals surface area (Å²) in [5.74, 6) is 1.91. The van der Waals surface area contributed by atoms with Crippen molar-refractivity contribution in [2.24, 2.45) is 34.8 Å². The predicted molar refractivity (Wildman–Crippen MR) is 151 cm³/mol. The molecule has 0 saturated carbocycles. The summed E-state index contributed by atoms with van der Waals surface area (Å²) in [4.78, 5) is 12.9. The van der Waals surface area contributed by atoms with Crippen LogP contribution in [0.2, 0.25) is 0 Å². The largest absolute Gasteiger partial charge is 0.493 e. The molecule has 1 rings (SSSR count). The van der Waals surface area contributed by atoms with E-state index < -0.39 is 12.1 Å². The van der Waals surface area contributed by atoms with Crippen molar-refractivity contribution in [3.8, 4) is 11.5 Å². The van der Waals surface area contributed by atoms with Crippen molar-refractivity contribution in [3.05, 3.63) is 23.8 Å². The molecular formula is C30H54N2O5. The van der Waals surface area contributed by atoms with Crippen molar-refractivity contribution in [3.63, 3.8) is 0 Å². The molecule has 37 heavy (non-hydrogen) atoms. The zero-order chi connectivity index (χ0) is 28.2. The first-order chi connectivity index (χ1) is 17.3. The highest BCUT2D eigenvalue weighted by atomic mass is 16.5. The summed E-state index contributed by atoms with van der Waals surface area (Å²) in [6, 6.07) is 5.63. The summed E-state index contributed by atoms with van der Waals surface area (Å²) < 4.78 is 16.5. The average molecular weight is 523 g/mol. The zero-order valence-electron chi connectivity index (χ0n) is 24.8. The van der Waals surface area contributed by atoms with Crippen LogP contribution >= 0.6 is 0 Å². The third-order valence-corrected chi connectivity index (χ3v) is 6.92. The summed E-state index contributed by atoms with van der Waals surface area (Å²) in [5.41, 5.74) is 7.68. The third kappa shape index (κ3) is 12.5. The molecule has 0 aromatic heterocycles. The highest BCUT2D eigenvalue weighted by molar-refractivity contribution is 5.79. The molecule has 4 N–H and O–H groups in total. The number of carbonyl (C=O) groups excluding carboxylic acids is 1. The number of nitrogens with one attached hydrogen (secondary N) is 1. The Bertz CT molecular complexity index is 791. The van der Waals surface area contributed by atoms with Gasteiger partial charge in [-0.25, -0.2) is 0 Å². The van der Waals surface area contributed by atoms with E-state index in [2.05, 4.69) is 46.0 Å². The van der Waals surface area contributed by atoms with Crippen LogP contribution in [0.5, 0.6) is 11.5 Å². The molecular weight excluding hydrogens is 468 g/mol. The van der Waals surface area contributed by atoms with E-state index in [0.29, 0.717) is 44.3 Å². The Morgan fingerprint density at radius 1 is 1.03 bits per heavy atom. The Kier molecular flexibility index (Phi) is 14.5. The molecule has 214 valence electrons. The van der Waals surface area contributed by atoms with Gasteiger partial charge in [0.15, 0.2) is 11.5 Å². The van der Waals surface area contributed by atoms with Crippen LogP contribution in [0.1, 0.15) is 73.3 Å². The van der Waals surface area contributed by atoms with Crippen LogP contribution in [0.4, 0.5) is 0 Å². The number of hydrogen-bond donors (Lipinski definition) is 3. The zero-order valence-corrected chi connectivity index (χ0v) is 24.8. The highest BCUT2D eigenvalue weighted by Gasteiger charge is 2.30. The van der Waals surface area contributed by atoms with Crippen molar-refractivity contribution in [1.29, 1.82) is 0 Å². The van der Waals surface area contributed by atoms with Crippen LogP contribution in [-0.4, -0.2) is 57.1 Å². The number of rotatable bonds is 17. The minimum absolute atomic E-state index is 0.00662. The molecule has 4 unspecified atom stereocenters. The highest BCUT2D eigenvalue weighted by Crippen LogP contribution is 2.32. The first kappa shape index (κ1) is 33.2. The van der Waals surface area contributed by atoms with Crippen LogP contribution in [0.3, 0.4) is 0 Å². The van der Waals surface area contributed by atoms with Crippen LogP contribution in [0.25, 0.3) is 0 Å². The van der Waals surface area contributed by atoms with Gasteiger partial charge in [-0.1, -0.05) is 54.5 Å². The number of benzene rings is 1. The fourth-order valence-corrected chi connectivity index (χ4v) is 4.35. The second-order valence-corrected chi connectivity index (χ2v) is 12.2. The molecule has 1 aromatic rings. The average Bonchev–Trinajstić information content (AvgIpc) is 2.82. The molecule has 0 saturated heterocycles. The molecule has 0 aliphatic carbocycles. The molecule has 0 aliphatic heterocycles. The standard InChI is InChI=1S/C30H54N2O5/c1-20(2)23(15-22-11-12-27(36-9)28(16-22)37-14-10-13-35-8)17-25(31)26(33)18-24(21(3)4)29(34)32-19-30(5,6)7/h11-12,16,20-21,23-26,33H,10,13-15,17-19,31H2,1-9H3,(H,32,34). The summed E-state index contributed by atoms with van der Waals surface area (Å²) >= 11 is 0. The lowest BCUT2D eigenvalue weighted by atomic mass is 9.80. The van der Waals surface area contributed by atoms with Gasteiger partial charge >= 0.3 is 0 Å². The number of ether oxygens (including phenoxy) is 3. The Hall–Kier alpha value is -1.83. The maximum Gasteiger partial charge on any atom is 0.223 e. The summed E-state index contributed by atoms with van der Waals surface area (Å²) in [6.07, 6.45) is 1.91. The molecule has 1 amide bonds. The van der Waals surface area contributed by atoms with E-state index in [4.69, 9.17) is 19.9 Å². The van der Waals surface area contributed by atoms with Crippen molar-refractivity contribution >= 4 is 5.91 Å². The first-order valence-corrected chi connectivity index (χ1v) is 13.8. The Morgan fingerprint density at radius 3 is 2.24 bits per heavy atom. The van der Waals surface area contributed by atoms with E-state index in [9.17, 15) is 9.90 Å². The molecule has 7 nitrogen and oxygen atoms in total. The maximum absolute atomic E-state index is 12.9. The van der Waals surface area contributed by atoms with Gasteiger partial charge in [-0.3, -0.25) is 4.79 Å². The third-order valence-electron chi connectivity index (χ3n) is 6.92. The van der Waals surface area contributed by atoms with Crippen molar-refractivity contribution in [1.82, 2.24) is 5.32 Å². The van der Waals surface area contributed by atoms with E-state index in [-0.39, 0.29) is 29.1 Å². The molecule has 0 bridgehead atoms. The number of methoxy groups -OCH3 is 2. The summed E-state index contributed by atoms with van der Waals surface area (Å²) in [6.45, 7) is 16.5. The van der Waals surface area contributed by atoms with Crippen LogP contribution in [0, 0.1) is 29.1 Å². The van der Waals surface area contributed by atoms with E-state index in [1.54, 1.807) is 14.2 Å². The van der Waals surface area contributed by atoms with E-state index in [1.807, 2.05) is 26.0 Å². The number of hydrogen-bond acceptors (Lipinski definition) is 6. The van der Waals surface area contributed by atoms with E-state index in [0.717, 1.165) is 24.2 Å². The van der Waals surface area contributed by atoms with Gasteiger partial charge in [-0.05, 0) is 60.1 Å². The van der Waals surface area contributed by atoms with Gasteiger partial charge in [0.2, 0.25) is 5.91 Å². The lowest BCUT2D eigenvalue weighted by molar-refractivity contribution is -0.128. The molecule has 0 aliphatic rings. The second-order valence-electron chi connectivity index (χ2n) is 12.2. The summed E-state index contributed by atoms with van der Waals surface area (Å²) in [5, 5.41) is 14.1. The molecule has 0 radical (unpaired) electrons. The Balaban J connectivity index is 2.85. The Morgan fingerprint density at radius 2 is 1.70 bits per heavy atom. The van der Waals surface area contributed by atoms with Crippen molar-refractivity contribution < 1.29 is 24.1 Å². The first-order valence-electron chi connectivity index (χ1n) is 13.8. The predicted octanol–water partition coefficient (Wildman–Crippen LogP) is 4.83. The number of carbonyl (C=O) groups is 1. The van der Waals surface area contributed by atoms with Crippen molar-refractivity contribution in [2.75, 3.05) is 34.0 Å². The van der Waals surface area contributed by atoms with Gasteiger partial charge in [-0.15, -0.1) is 0 Å². The lowest BCUT2D eigenvalue weighted by Gasteiger charge is -2.30. The lowest BCUT2D eigenvalue weighted by Crippen LogP contribution is -2.44. The number of aliphatic hydroxyl groups is 1. The minimum atomic E-state index is -0.746. The number of amides is 1. The van der Waals surface area contributed by atoms with Gasteiger partial charge in [0, 0.05) is 38.6 Å². The fourth-order valence-electron chi connectivity index (χ4n) is 4.35. The van der Waals surface area contributed by atoms with Gasteiger partial charge in [0.25, 0.3) is 0 Å². The van der Waals surface area contributed by atoms with Gasteiger partial charge in [-0.2, -0.15) is 0 Å². The minimum Gasteiger partial charge on any atom is -0.493 e. The maximum atomic E-state index is 12.9. The van der Waals surface area contributed by atoms with Crippen molar-refractivity contribution in [2.45, 2.75) is 86.3 Å².